The maximum absolute atomic E-state index is 5.90. The fraction of sp³-hybridized carbons (Fsp3) is 0.571. The molecule has 1 aliphatic heterocycles. The van der Waals surface area contributed by atoms with Crippen LogP contribution in [0.25, 0.3) is 0 Å². The van der Waals surface area contributed by atoms with Crippen molar-refractivity contribution >= 4 is 0 Å². The summed E-state index contributed by atoms with van der Waals surface area (Å²) >= 11 is 0. The summed E-state index contributed by atoms with van der Waals surface area (Å²) < 4.78 is 5.90. The highest BCUT2D eigenvalue weighted by Gasteiger charge is 2.32. The number of rotatable bonds is 2. The number of hydrogen-bond acceptors (Lipinski definition) is 3. The van der Waals surface area contributed by atoms with Crippen LogP contribution in [0.4, 0.5) is 0 Å². The molecule has 3 heteroatoms. The highest BCUT2D eigenvalue weighted by atomic mass is 16.6. The molecule has 1 aromatic rings. The van der Waals surface area contributed by atoms with Crippen molar-refractivity contribution in [3.8, 4) is 5.75 Å². The smallest absolute Gasteiger partial charge is 0.125 e. The van der Waals surface area contributed by atoms with Crippen molar-refractivity contribution in [2.75, 3.05) is 7.11 Å². The molecular formula is C14H19NO2. The number of benzene rings is 1. The molecule has 3 rings (SSSR count). The van der Waals surface area contributed by atoms with Crippen LogP contribution in [-0.2, 0) is 17.7 Å². The first kappa shape index (κ1) is 11.1. The Bertz CT molecular complexity index is 430. The molecule has 0 saturated carbocycles. The normalized spacial score (nSPS) is 26.2. The van der Waals surface area contributed by atoms with E-state index >= 15 is 0 Å². The zero-order valence-corrected chi connectivity index (χ0v) is 10.5. The third kappa shape index (κ3) is 1.83. The number of hydrogen-bond donors (Lipinski definition) is 1. The molecule has 1 N–H and O–H groups in total. The SMILES string of the molecule is CONC1c2cc3c(cc2OC1C)CCCC3. The fourth-order valence-corrected chi connectivity index (χ4v) is 2.93. The monoisotopic (exact) mass is 233 g/mol. The number of hydroxylamine groups is 1. The second-order valence-corrected chi connectivity index (χ2v) is 4.99. The van der Waals surface area contributed by atoms with Gasteiger partial charge in [0, 0.05) is 5.56 Å². The minimum absolute atomic E-state index is 0.133. The molecule has 0 spiro atoms. The van der Waals surface area contributed by atoms with Gasteiger partial charge in [-0.2, -0.15) is 5.48 Å². The van der Waals surface area contributed by atoms with Crippen LogP contribution in [0.1, 0.15) is 42.5 Å². The van der Waals surface area contributed by atoms with Crippen LogP contribution in [0.2, 0.25) is 0 Å². The molecular weight excluding hydrogens is 214 g/mol. The Morgan fingerprint density at radius 1 is 1.24 bits per heavy atom. The van der Waals surface area contributed by atoms with Gasteiger partial charge in [0.25, 0.3) is 0 Å². The standard InChI is InChI=1S/C14H19NO2/c1-9-14(15-16-2)12-7-10-5-3-4-6-11(10)8-13(12)17-9/h7-9,14-15H,3-6H2,1-2H3. The van der Waals surface area contributed by atoms with Crippen molar-refractivity contribution in [3.05, 3.63) is 28.8 Å². The first-order valence-electron chi connectivity index (χ1n) is 6.40. The molecule has 1 aromatic carbocycles. The van der Waals surface area contributed by atoms with Crippen LogP contribution in [0.15, 0.2) is 12.1 Å². The third-order valence-electron chi connectivity index (χ3n) is 3.84. The first-order chi connectivity index (χ1) is 8.29. The average Bonchev–Trinajstić information content (AvgIpc) is 2.63. The topological polar surface area (TPSA) is 30.5 Å². The summed E-state index contributed by atoms with van der Waals surface area (Å²) in [6.07, 6.45) is 5.15. The van der Waals surface area contributed by atoms with Gasteiger partial charge < -0.3 is 9.57 Å². The van der Waals surface area contributed by atoms with Crippen molar-refractivity contribution < 1.29 is 9.57 Å². The van der Waals surface area contributed by atoms with E-state index in [0.29, 0.717) is 0 Å². The minimum Gasteiger partial charge on any atom is -0.488 e. The first-order valence-corrected chi connectivity index (χ1v) is 6.40. The summed E-state index contributed by atoms with van der Waals surface area (Å²) in [5.74, 6) is 1.03. The molecule has 0 amide bonds. The van der Waals surface area contributed by atoms with Gasteiger partial charge in [-0.1, -0.05) is 6.07 Å². The van der Waals surface area contributed by atoms with Gasteiger partial charge in [-0.25, -0.2) is 0 Å². The van der Waals surface area contributed by atoms with Crippen LogP contribution in [0, 0.1) is 0 Å². The summed E-state index contributed by atoms with van der Waals surface area (Å²) in [4.78, 5) is 5.07. The summed E-state index contributed by atoms with van der Waals surface area (Å²) in [6.45, 7) is 2.08. The maximum atomic E-state index is 5.90. The predicted octanol–water partition coefficient (Wildman–Crippen LogP) is 2.54. The molecule has 2 unspecified atom stereocenters. The van der Waals surface area contributed by atoms with Gasteiger partial charge in [0.05, 0.1) is 13.2 Å². The molecule has 17 heavy (non-hydrogen) atoms. The van der Waals surface area contributed by atoms with Gasteiger partial charge in [0.15, 0.2) is 0 Å². The Morgan fingerprint density at radius 2 is 1.94 bits per heavy atom. The minimum atomic E-state index is 0.133. The molecule has 0 saturated heterocycles. The second-order valence-electron chi connectivity index (χ2n) is 4.99. The van der Waals surface area contributed by atoms with Gasteiger partial charge in [-0.3, -0.25) is 0 Å². The van der Waals surface area contributed by atoms with E-state index in [9.17, 15) is 0 Å². The van der Waals surface area contributed by atoms with Crippen LogP contribution in [0.3, 0.4) is 0 Å². The number of aryl methyl sites for hydroxylation is 2. The van der Waals surface area contributed by atoms with E-state index in [1.54, 1.807) is 7.11 Å². The van der Waals surface area contributed by atoms with Crippen LogP contribution < -0.4 is 10.2 Å². The van der Waals surface area contributed by atoms with Crippen molar-refractivity contribution in [1.82, 2.24) is 5.48 Å². The molecule has 2 aliphatic rings. The van der Waals surface area contributed by atoms with Gasteiger partial charge in [-0.15, -0.1) is 0 Å². The summed E-state index contributed by atoms with van der Waals surface area (Å²) in [6, 6.07) is 4.70. The van der Waals surface area contributed by atoms with Crippen molar-refractivity contribution in [2.24, 2.45) is 0 Å². The number of nitrogens with one attached hydrogen (secondary N) is 1. The Labute approximate surface area is 102 Å². The number of fused-ring (bicyclic) bond motifs is 2. The zero-order valence-electron chi connectivity index (χ0n) is 10.5. The van der Waals surface area contributed by atoms with E-state index < -0.39 is 0 Å². The Kier molecular flexibility index (Phi) is 2.81. The lowest BCUT2D eigenvalue weighted by Gasteiger charge is -2.18. The fourth-order valence-electron chi connectivity index (χ4n) is 2.93. The summed E-state index contributed by atoms with van der Waals surface area (Å²) in [5, 5.41) is 0. The third-order valence-corrected chi connectivity index (χ3v) is 3.84. The largest absolute Gasteiger partial charge is 0.488 e. The molecule has 92 valence electrons. The van der Waals surface area contributed by atoms with Crippen LogP contribution >= 0.6 is 0 Å². The molecule has 0 radical (unpaired) electrons. The zero-order chi connectivity index (χ0) is 11.8. The molecule has 1 heterocycles. The molecule has 0 fully saturated rings. The van der Waals surface area contributed by atoms with E-state index in [4.69, 9.17) is 9.57 Å². The Balaban J connectivity index is 1.99. The summed E-state index contributed by atoms with van der Waals surface area (Å²) in [7, 11) is 1.66. The molecule has 1 aliphatic carbocycles. The highest BCUT2D eigenvalue weighted by Crippen LogP contribution is 2.40. The average molecular weight is 233 g/mol. The highest BCUT2D eigenvalue weighted by molar-refractivity contribution is 5.48. The maximum Gasteiger partial charge on any atom is 0.125 e. The van der Waals surface area contributed by atoms with Gasteiger partial charge in [-0.05, 0) is 49.8 Å². The Morgan fingerprint density at radius 3 is 2.65 bits per heavy atom. The molecule has 0 aromatic heterocycles. The van der Waals surface area contributed by atoms with E-state index in [2.05, 4.69) is 24.5 Å². The number of ether oxygens (including phenoxy) is 1. The van der Waals surface area contributed by atoms with Gasteiger partial charge >= 0.3 is 0 Å². The van der Waals surface area contributed by atoms with Crippen LogP contribution in [0.5, 0.6) is 5.75 Å². The molecule has 3 nitrogen and oxygen atoms in total. The lowest BCUT2D eigenvalue weighted by Crippen LogP contribution is -2.27. The van der Waals surface area contributed by atoms with Crippen molar-refractivity contribution in [3.63, 3.8) is 0 Å². The second kappa shape index (κ2) is 4.31. The van der Waals surface area contributed by atoms with E-state index in [1.165, 1.54) is 42.4 Å². The lowest BCUT2D eigenvalue weighted by atomic mass is 9.89. The van der Waals surface area contributed by atoms with Gasteiger partial charge in [0.1, 0.15) is 11.9 Å². The van der Waals surface area contributed by atoms with E-state index in [0.717, 1.165) is 5.75 Å². The van der Waals surface area contributed by atoms with Gasteiger partial charge in [0.2, 0.25) is 0 Å². The lowest BCUT2D eigenvalue weighted by molar-refractivity contribution is 0.0339. The van der Waals surface area contributed by atoms with Crippen LogP contribution in [-0.4, -0.2) is 13.2 Å². The quantitative estimate of drug-likeness (QED) is 0.796. The summed E-state index contributed by atoms with van der Waals surface area (Å²) in [5.41, 5.74) is 7.25. The van der Waals surface area contributed by atoms with E-state index in [1.807, 2.05) is 0 Å². The van der Waals surface area contributed by atoms with Crippen molar-refractivity contribution in [1.29, 1.82) is 0 Å². The van der Waals surface area contributed by atoms with Crippen molar-refractivity contribution in [2.45, 2.75) is 44.8 Å². The molecule has 0 bridgehead atoms. The predicted molar refractivity (Wildman–Crippen MR) is 66.1 cm³/mol. The Hall–Kier alpha value is -1.06. The van der Waals surface area contributed by atoms with E-state index in [-0.39, 0.29) is 12.1 Å². The molecule has 2 atom stereocenters.